The second-order valence-corrected chi connectivity index (χ2v) is 13.3. The Balaban J connectivity index is 1.27. The summed E-state index contributed by atoms with van der Waals surface area (Å²) in [7, 11) is 0. The molecule has 0 unspecified atom stereocenters. The fraction of sp³-hybridized carbons (Fsp3) is 0.0732. The Morgan fingerprint density at radius 2 is 1.23 bits per heavy atom. The molecule has 2 aromatic heterocycles. The number of nitrogens with zero attached hydrogens (tertiary/aromatic N) is 2. The van der Waals surface area contributed by atoms with Gasteiger partial charge >= 0.3 is 0 Å². The summed E-state index contributed by atoms with van der Waals surface area (Å²) >= 11 is 3.75. The average molecular weight is 630 g/mol. The molecule has 0 fully saturated rings. The second-order valence-electron chi connectivity index (χ2n) is 12.4. The summed E-state index contributed by atoms with van der Waals surface area (Å²) in [6.07, 6.45) is 2.21. The van der Waals surface area contributed by atoms with Gasteiger partial charge in [0.25, 0.3) is 0 Å². The summed E-state index contributed by atoms with van der Waals surface area (Å²) < 4.78 is 5.87. The molecule has 6 aromatic carbocycles. The predicted octanol–water partition coefficient (Wildman–Crippen LogP) is 11.5. The third-order valence-corrected chi connectivity index (χ3v) is 10.1. The van der Waals surface area contributed by atoms with Crippen molar-refractivity contribution >= 4 is 48.6 Å². The molecule has 0 bridgehead atoms. The van der Waals surface area contributed by atoms with E-state index in [4.69, 9.17) is 0 Å². The molecule has 1 aliphatic rings. The van der Waals surface area contributed by atoms with Crippen molar-refractivity contribution in [2.24, 2.45) is 0 Å². The first kappa shape index (κ1) is 25.6. The second kappa shape index (κ2) is 9.32. The Labute approximate surface area is 264 Å². The fourth-order valence-corrected chi connectivity index (χ4v) is 7.83. The van der Waals surface area contributed by atoms with Crippen LogP contribution in [0.3, 0.4) is 0 Å². The quantitative estimate of drug-likeness (QED) is 0.184. The van der Waals surface area contributed by atoms with Gasteiger partial charge in [0.05, 0.1) is 16.6 Å². The van der Waals surface area contributed by atoms with Gasteiger partial charge < -0.3 is 9.13 Å². The highest BCUT2D eigenvalue weighted by Crippen LogP contribution is 2.49. The van der Waals surface area contributed by atoms with Gasteiger partial charge in [0.15, 0.2) is 0 Å². The maximum Gasteiger partial charge on any atom is 0.0635 e. The van der Waals surface area contributed by atoms with Crippen LogP contribution in [0.25, 0.3) is 66.3 Å². The van der Waals surface area contributed by atoms with E-state index in [1.165, 1.54) is 71.8 Å². The van der Waals surface area contributed by atoms with E-state index in [0.717, 1.165) is 10.2 Å². The van der Waals surface area contributed by atoms with E-state index in [-0.39, 0.29) is 5.41 Å². The molecule has 0 saturated heterocycles. The molecule has 0 spiro atoms. The number of fused-ring (bicyclic) bond motifs is 8. The fourth-order valence-electron chi connectivity index (χ4n) is 7.47. The van der Waals surface area contributed by atoms with Gasteiger partial charge in [-0.1, -0.05) is 109 Å². The van der Waals surface area contributed by atoms with E-state index in [0.29, 0.717) is 0 Å². The summed E-state index contributed by atoms with van der Waals surface area (Å²) in [5.74, 6) is 0. The van der Waals surface area contributed by atoms with Gasteiger partial charge in [-0.25, -0.2) is 0 Å². The Morgan fingerprint density at radius 1 is 0.523 bits per heavy atom. The van der Waals surface area contributed by atoms with Gasteiger partial charge in [0.2, 0.25) is 0 Å². The van der Waals surface area contributed by atoms with Crippen LogP contribution < -0.4 is 0 Å². The first-order chi connectivity index (χ1) is 21.5. The smallest absolute Gasteiger partial charge is 0.0635 e. The summed E-state index contributed by atoms with van der Waals surface area (Å²) in [4.78, 5) is 0. The van der Waals surface area contributed by atoms with Crippen molar-refractivity contribution in [2.45, 2.75) is 19.3 Å². The van der Waals surface area contributed by atoms with Gasteiger partial charge in [-0.2, -0.15) is 0 Å². The van der Waals surface area contributed by atoms with Crippen molar-refractivity contribution in [3.63, 3.8) is 0 Å². The number of aromatic nitrogens is 2. The van der Waals surface area contributed by atoms with Crippen LogP contribution in [0, 0.1) is 0 Å². The lowest BCUT2D eigenvalue weighted by Gasteiger charge is -2.22. The van der Waals surface area contributed by atoms with E-state index in [1.54, 1.807) is 0 Å². The number of rotatable bonds is 3. The lowest BCUT2D eigenvalue weighted by molar-refractivity contribution is 0.660. The standard InChI is InChI=1S/C41H29BrN2/c1-41(2)36-11-7-6-10-31(36)32-18-17-30(25-37(32)41)44-39-20-14-28(42)24-35(39)33-19-21-38-34(40(33)44)22-23-43(38)29-15-12-27(13-16-29)26-8-4-3-5-9-26/h3-25H,1-2H3. The van der Waals surface area contributed by atoms with E-state index in [2.05, 4.69) is 179 Å². The van der Waals surface area contributed by atoms with E-state index in [1.807, 2.05) is 0 Å². The zero-order chi connectivity index (χ0) is 29.6. The van der Waals surface area contributed by atoms with E-state index >= 15 is 0 Å². The molecule has 2 nitrogen and oxygen atoms in total. The first-order valence-electron chi connectivity index (χ1n) is 15.1. The molecule has 0 radical (unpaired) electrons. The molecule has 0 aliphatic heterocycles. The Kier molecular flexibility index (Phi) is 5.43. The van der Waals surface area contributed by atoms with Gasteiger partial charge in [-0.05, 0) is 88.0 Å². The molecule has 210 valence electrons. The average Bonchev–Trinajstić information content (AvgIpc) is 3.70. The topological polar surface area (TPSA) is 9.86 Å². The van der Waals surface area contributed by atoms with Crippen LogP contribution >= 0.6 is 15.9 Å². The van der Waals surface area contributed by atoms with Crippen LogP contribution in [0.4, 0.5) is 0 Å². The van der Waals surface area contributed by atoms with E-state index in [9.17, 15) is 0 Å². The van der Waals surface area contributed by atoms with Crippen LogP contribution in [-0.4, -0.2) is 9.13 Å². The molecule has 9 rings (SSSR count). The first-order valence-corrected chi connectivity index (χ1v) is 15.9. The molecule has 0 amide bonds. The van der Waals surface area contributed by atoms with Gasteiger partial charge in [0.1, 0.15) is 0 Å². The van der Waals surface area contributed by atoms with Crippen LogP contribution in [0.1, 0.15) is 25.0 Å². The summed E-state index contributed by atoms with van der Waals surface area (Å²) in [5, 5.41) is 3.75. The molecular formula is C41H29BrN2. The van der Waals surface area contributed by atoms with Gasteiger partial charge in [-0.15, -0.1) is 0 Å². The zero-order valence-corrected chi connectivity index (χ0v) is 26.1. The normalized spacial score (nSPS) is 13.5. The molecule has 0 saturated carbocycles. The Hall–Kier alpha value is -4.86. The van der Waals surface area contributed by atoms with Gasteiger partial charge in [-0.3, -0.25) is 0 Å². The number of hydrogen-bond donors (Lipinski definition) is 0. The minimum absolute atomic E-state index is 0.0612. The Morgan fingerprint density at radius 3 is 2.07 bits per heavy atom. The maximum absolute atomic E-state index is 3.75. The highest BCUT2D eigenvalue weighted by Gasteiger charge is 2.35. The molecular weight excluding hydrogens is 600 g/mol. The molecule has 2 heterocycles. The molecule has 8 aromatic rings. The molecule has 0 N–H and O–H groups in total. The monoisotopic (exact) mass is 628 g/mol. The van der Waals surface area contributed by atoms with Crippen molar-refractivity contribution in [2.75, 3.05) is 0 Å². The lowest BCUT2D eigenvalue weighted by atomic mass is 9.82. The summed E-state index contributed by atoms with van der Waals surface area (Å²) in [6.45, 7) is 4.71. The van der Waals surface area contributed by atoms with E-state index < -0.39 is 0 Å². The molecule has 1 aliphatic carbocycles. The third kappa shape index (κ3) is 3.60. The minimum atomic E-state index is -0.0612. The van der Waals surface area contributed by atoms with Crippen LogP contribution in [0.15, 0.2) is 144 Å². The van der Waals surface area contributed by atoms with Crippen LogP contribution in [-0.2, 0) is 5.41 Å². The van der Waals surface area contributed by atoms with Crippen LogP contribution in [0.2, 0.25) is 0 Å². The SMILES string of the molecule is CC1(C)c2ccccc2-c2ccc(-n3c4ccc(Br)cc4c4ccc5c(ccn5-c5ccc(-c6ccccc6)cc5)c43)cc21. The largest absolute Gasteiger partial charge is 0.316 e. The molecule has 0 atom stereocenters. The number of halogens is 1. The lowest BCUT2D eigenvalue weighted by Crippen LogP contribution is -2.15. The van der Waals surface area contributed by atoms with Crippen molar-refractivity contribution < 1.29 is 0 Å². The number of hydrogen-bond acceptors (Lipinski definition) is 0. The highest BCUT2D eigenvalue weighted by molar-refractivity contribution is 9.10. The zero-order valence-electron chi connectivity index (χ0n) is 24.6. The van der Waals surface area contributed by atoms with Gasteiger partial charge in [0, 0.05) is 43.6 Å². The van der Waals surface area contributed by atoms with Crippen molar-refractivity contribution in [1.29, 1.82) is 0 Å². The minimum Gasteiger partial charge on any atom is -0.316 e. The Bertz CT molecular complexity index is 2410. The molecule has 44 heavy (non-hydrogen) atoms. The number of benzene rings is 6. The highest BCUT2D eigenvalue weighted by atomic mass is 79.9. The predicted molar refractivity (Wildman–Crippen MR) is 188 cm³/mol. The maximum atomic E-state index is 3.75. The van der Waals surface area contributed by atoms with Crippen molar-refractivity contribution in [3.8, 4) is 33.6 Å². The van der Waals surface area contributed by atoms with Crippen molar-refractivity contribution in [3.05, 3.63) is 155 Å². The van der Waals surface area contributed by atoms with Crippen LogP contribution in [0.5, 0.6) is 0 Å². The third-order valence-electron chi connectivity index (χ3n) is 9.64. The molecule has 3 heteroatoms. The summed E-state index contributed by atoms with van der Waals surface area (Å²) in [6, 6.07) is 48.9. The van der Waals surface area contributed by atoms with Crippen molar-refractivity contribution in [1.82, 2.24) is 9.13 Å². The summed E-state index contributed by atoms with van der Waals surface area (Å²) in [5.41, 5.74) is 13.9.